The molecule has 0 aliphatic carbocycles. The van der Waals surface area contributed by atoms with Crippen LogP contribution in [0, 0.1) is 6.92 Å². The lowest BCUT2D eigenvalue weighted by Crippen LogP contribution is -2.52. The number of nitrogens with two attached hydrogens (primary N) is 1. The van der Waals surface area contributed by atoms with E-state index in [1.54, 1.807) is 19.1 Å². The maximum atomic E-state index is 13.8. The van der Waals surface area contributed by atoms with E-state index in [4.69, 9.17) is 5.73 Å². The van der Waals surface area contributed by atoms with Gasteiger partial charge in [0.15, 0.2) is 0 Å². The van der Waals surface area contributed by atoms with E-state index < -0.39 is 30.5 Å². The van der Waals surface area contributed by atoms with Gasteiger partial charge in [0.25, 0.3) is 11.8 Å². The van der Waals surface area contributed by atoms with Crippen molar-refractivity contribution >= 4 is 27.9 Å². The molecule has 1 atom stereocenters. The monoisotopic (exact) mass is 405 g/mol. The van der Waals surface area contributed by atoms with Crippen LogP contribution in [0.25, 0.3) is 0 Å². The average Bonchev–Trinajstić information content (AvgIpc) is 2.49. The van der Waals surface area contributed by atoms with Gasteiger partial charge in [-0.2, -0.15) is 0 Å². The Hall–Kier alpha value is -1.77. The number of hydrogen-bond donors (Lipinski definition) is 1. The highest BCUT2D eigenvalue weighted by molar-refractivity contribution is 9.10. The predicted molar refractivity (Wildman–Crippen MR) is 85.8 cm³/mol. The number of carbonyl (C=O) groups excluding carboxylic acids is 2. The first kappa shape index (κ1) is 18.6. The largest absolute Gasteiger partial charge is 0.450 e. The molecule has 2 amide bonds. The molecule has 1 aliphatic heterocycles. The van der Waals surface area contributed by atoms with Crippen LogP contribution in [0.2, 0.25) is 0 Å². The quantitative estimate of drug-likeness (QED) is 0.780. The van der Waals surface area contributed by atoms with Crippen molar-refractivity contribution < 1.29 is 23.1 Å². The molecule has 9 heteroatoms. The number of aryl methyl sites for hydroxylation is 1. The molecule has 1 unspecified atom stereocenters. The minimum atomic E-state index is -2.95. The van der Waals surface area contributed by atoms with E-state index in [0.29, 0.717) is 10.2 Å². The zero-order valence-electron chi connectivity index (χ0n) is 13.1. The SMILES string of the molecule is Cc1ccc(Br)nc1C(=O)N1CC(F)(F)CCC1CCOC(N)=O. The summed E-state index contributed by atoms with van der Waals surface area (Å²) < 4.78 is 32.7. The molecule has 2 rings (SSSR count). The van der Waals surface area contributed by atoms with Gasteiger partial charge < -0.3 is 15.4 Å². The Kier molecular flexibility index (Phi) is 5.74. The third-order valence-corrected chi connectivity index (χ3v) is 4.35. The lowest BCUT2D eigenvalue weighted by molar-refractivity contribution is -0.0747. The Balaban J connectivity index is 2.21. The van der Waals surface area contributed by atoms with E-state index in [1.807, 2.05) is 0 Å². The summed E-state index contributed by atoms with van der Waals surface area (Å²) in [6, 6.07) is 2.91. The summed E-state index contributed by atoms with van der Waals surface area (Å²) in [7, 11) is 0. The van der Waals surface area contributed by atoms with Gasteiger partial charge >= 0.3 is 6.09 Å². The third-order valence-electron chi connectivity index (χ3n) is 3.91. The van der Waals surface area contributed by atoms with E-state index in [0.717, 1.165) is 4.90 Å². The third kappa shape index (κ3) is 4.62. The van der Waals surface area contributed by atoms with Gasteiger partial charge in [0, 0.05) is 18.9 Å². The predicted octanol–water partition coefficient (Wildman–Crippen LogP) is 2.88. The molecule has 1 saturated heterocycles. The molecule has 0 spiro atoms. The minimum absolute atomic E-state index is 0.0275. The summed E-state index contributed by atoms with van der Waals surface area (Å²) in [5.41, 5.74) is 5.63. The number of hydrogen-bond acceptors (Lipinski definition) is 4. The molecule has 0 aromatic carbocycles. The molecular weight excluding hydrogens is 388 g/mol. The molecule has 6 nitrogen and oxygen atoms in total. The number of rotatable bonds is 4. The number of likely N-dealkylation sites (tertiary alicyclic amines) is 1. The summed E-state index contributed by atoms with van der Waals surface area (Å²) in [5.74, 6) is -3.51. The lowest BCUT2D eigenvalue weighted by atomic mass is 9.96. The van der Waals surface area contributed by atoms with Crippen molar-refractivity contribution in [1.29, 1.82) is 0 Å². The first-order valence-corrected chi connectivity index (χ1v) is 8.23. The smallest absolute Gasteiger partial charge is 0.404 e. The normalized spacial score (nSPS) is 19.8. The number of ether oxygens (including phenoxy) is 1. The van der Waals surface area contributed by atoms with Crippen molar-refractivity contribution in [3.8, 4) is 0 Å². The topological polar surface area (TPSA) is 85.5 Å². The van der Waals surface area contributed by atoms with Crippen LogP contribution >= 0.6 is 15.9 Å². The summed E-state index contributed by atoms with van der Waals surface area (Å²) >= 11 is 3.18. The number of piperidine rings is 1. The van der Waals surface area contributed by atoms with Gasteiger partial charge in [0.05, 0.1) is 13.2 Å². The second-order valence-electron chi connectivity index (χ2n) is 5.74. The highest BCUT2D eigenvalue weighted by atomic mass is 79.9. The fourth-order valence-electron chi connectivity index (χ4n) is 2.68. The van der Waals surface area contributed by atoms with Gasteiger partial charge in [-0.3, -0.25) is 4.79 Å². The zero-order valence-corrected chi connectivity index (χ0v) is 14.7. The highest BCUT2D eigenvalue weighted by Gasteiger charge is 2.42. The van der Waals surface area contributed by atoms with E-state index in [1.165, 1.54) is 0 Å². The Morgan fingerprint density at radius 1 is 1.50 bits per heavy atom. The number of alkyl halides is 2. The summed E-state index contributed by atoms with van der Waals surface area (Å²) in [5, 5.41) is 0. The zero-order chi connectivity index (χ0) is 17.9. The van der Waals surface area contributed by atoms with E-state index >= 15 is 0 Å². The summed E-state index contributed by atoms with van der Waals surface area (Å²) in [4.78, 5) is 28.6. The molecule has 24 heavy (non-hydrogen) atoms. The van der Waals surface area contributed by atoms with Crippen LogP contribution in [0.1, 0.15) is 35.3 Å². The summed E-state index contributed by atoms with van der Waals surface area (Å²) in [6.45, 7) is 0.987. The highest BCUT2D eigenvalue weighted by Crippen LogP contribution is 2.32. The molecule has 2 N–H and O–H groups in total. The van der Waals surface area contributed by atoms with Gasteiger partial charge in [-0.25, -0.2) is 18.6 Å². The van der Waals surface area contributed by atoms with E-state index in [-0.39, 0.29) is 31.6 Å². The van der Waals surface area contributed by atoms with E-state index in [2.05, 4.69) is 25.7 Å². The van der Waals surface area contributed by atoms with Gasteiger partial charge in [-0.1, -0.05) is 6.07 Å². The van der Waals surface area contributed by atoms with Crippen LogP contribution in [-0.4, -0.2) is 47.0 Å². The molecule has 2 heterocycles. The first-order valence-electron chi connectivity index (χ1n) is 7.44. The van der Waals surface area contributed by atoms with Crippen molar-refractivity contribution in [3.63, 3.8) is 0 Å². The number of pyridine rings is 1. The Labute approximate surface area is 146 Å². The molecule has 0 bridgehead atoms. The van der Waals surface area contributed by atoms with Crippen molar-refractivity contribution in [2.24, 2.45) is 5.73 Å². The average molecular weight is 406 g/mol. The van der Waals surface area contributed by atoms with E-state index in [9.17, 15) is 18.4 Å². The molecule has 132 valence electrons. The summed E-state index contributed by atoms with van der Waals surface area (Å²) in [6.07, 6.45) is -0.882. The molecule has 1 aromatic heterocycles. The van der Waals surface area contributed by atoms with Crippen LogP contribution < -0.4 is 5.73 Å². The molecule has 0 radical (unpaired) electrons. The standard InChI is InChI=1S/C15H18BrF2N3O3/c1-9-2-3-11(16)20-12(9)13(22)21-8-15(17,18)6-4-10(21)5-7-24-14(19)23/h2-3,10H,4-8H2,1H3,(H2,19,23). The molecule has 1 fully saturated rings. The number of amides is 2. The Morgan fingerprint density at radius 2 is 2.21 bits per heavy atom. The van der Waals surface area contributed by atoms with Gasteiger partial charge in [0.2, 0.25) is 0 Å². The number of aromatic nitrogens is 1. The molecule has 0 saturated carbocycles. The maximum absolute atomic E-state index is 13.8. The van der Waals surface area contributed by atoms with Gasteiger partial charge in [-0.15, -0.1) is 0 Å². The molecule has 1 aliphatic rings. The number of halogens is 3. The Bertz CT molecular complexity index is 642. The van der Waals surface area contributed by atoms with Gasteiger partial charge in [0.1, 0.15) is 10.3 Å². The number of nitrogens with zero attached hydrogens (tertiary/aromatic N) is 2. The minimum Gasteiger partial charge on any atom is -0.450 e. The number of primary amides is 1. The van der Waals surface area contributed by atoms with Crippen molar-refractivity contribution in [3.05, 3.63) is 28.0 Å². The second-order valence-corrected chi connectivity index (χ2v) is 6.55. The van der Waals surface area contributed by atoms with Gasteiger partial charge in [-0.05, 0) is 40.9 Å². The van der Waals surface area contributed by atoms with Crippen LogP contribution in [0.15, 0.2) is 16.7 Å². The molecule has 1 aromatic rings. The van der Waals surface area contributed by atoms with Crippen molar-refractivity contribution in [2.45, 2.75) is 38.2 Å². The van der Waals surface area contributed by atoms with Crippen LogP contribution in [0.4, 0.5) is 13.6 Å². The second kappa shape index (κ2) is 7.42. The van der Waals surface area contributed by atoms with Crippen molar-refractivity contribution in [1.82, 2.24) is 9.88 Å². The lowest BCUT2D eigenvalue weighted by Gasteiger charge is -2.39. The van der Waals surface area contributed by atoms with Crippen LogP contribution in [-0.2, 0) is 4.74 Å². The first-order chi connectivity index (χ1) is 11.2. The fraction of sp³-hybridized carbons (Fsp3) is 0.533. The van der Waals surface area contributed by atoms with Crippen molar-refractivity contribution in [2.75, 3.05) is 13.2 Å². The fourth-order valence-corrected chi connectivity index (χ4v) is 2.99. The van der Waals surface area contributed by atoms with Crippen LogP contribution in [0.3, 0.4) is 0 Å². The maximum Gasteiger partial charge on any atom is 0.404 e. The molecular formula is C15H18BrF2N3O3. The Morgan fingerprint density at radius 3 is 2.88 bits per heavy atom. The number of carbonyl (C=O) groups is 2. The van der Waals surface area contributed by atoms with Crippen LogP contribution in [0.5, 0.6) is 0 Å².